The number of piperidine rings is 1. The summed E-state index contributed by atoms with van der Waals surface area (Å²) < 4.78 is 0. The van der Waals surface area contributed by atoms with E-state index in [4.69, 9.17) is 0 Å². The molecule has 1 aliphatic rings. The van der Waals surface area contributed by atoms with E-state index in [-0.39, 0.29) is 17.5 Å². The zero-order valence-corrected chi connectivity index (χ0v) is 14.0. The first-order valence-corrected chi connectivity index (χ1v) is 8.78. The van der Waals surface area contributed by atoms with Crippen LogP contribution in [0.25, 0.3) is 0 Å². The number of amides is 2. The van der Waals surface area contributed by atoms with Crippen molar-refractivity contribution in [2.45, 2.75) is 19.3 Å². The molecule has 8 heteroatoms. The molecule has 3 rings (SSSR count). The molecular formula is C16H19N5O2S. The Labute approximate surface area is 144 Å². The summed E-state index contributed by atoms with van der Waals surface area (Å²) in [6.45, 7) is 2.22. The minimum Gasteiger partial charge on any atom is -0.323 e. The molecule has 1 fully saturated rings. The van der Waals surface area contributed by atoms with E-state index in [2.05, 4.69) is 25.5 Å². The Balaban J connectivity index is 1.64. The van der Waals surface area contributed by atoms with Crippen LogP contribution in [0.2, 0.25) is 0 Å². The van der Waals surface area contributed by atoms with Crippen LogP contribution < -0.4 is 10.6 Å². The van der Waals surface area contributed by atoms with Gasteiger partial charge in [-0.05, 0) is 38.1 Å². The molecule has 1 saturated heterocycles. The topological polar surface area (TPSA) is 87.2 Å². The lowest BCUT2D eigenvalue weighted by Crippen LogP contribution is -2.37. The molecule has 0 unspecified atom stereocenters. The Morgan fingerprint density at radius 1 is 1.12 bits per heavy atom. The van der Waals surface area contributed by atoms with Gasteiger partial charge in [0.05, 0.1) is 12.2 Å². The first kappa shape index (κ1) is 16.5. The molecular weight excluding hydrogens is 326 g/mol. The first-order valence-electron chi connectivity index (χ1n) is 7.90. The van der Waals surface area contributed by atoms with E-state index in [0.717, 1.165) is 25.9 Å². The second kappa shape index (κ2) is 7.98. The number of nitrogens with one attached hydrogen (secondary N) is 2. The maximum absolute atomic E-state index is 12.3. The molecule has 0 atom stereocenters. The number of pyridine rings is 1. The normalized spacial score (nSPS) is 15.0. The van der Waals surface area contributed by atoms with Crippen LogP contribution in [-0.4, -0.2) is 46.3 Å². The Morgan fingerprint density at radius 3 is 2.71 bits per heavy atom. The van der Waals surface area contributed by atoms with Gasteiger partial charge in [0.2, 0.25) is 5.91 Å². The van der Waals surface area contributed by atoms with E-state index in [1.165, 1.54) is 24.0 Å². The van der Waals surface area contributed by atoms with Crippen LogP contribution in [0.15, 0.2) is 29.9 Å². The van der Waals surface area contributed by atoms with Crippen LogP contribution in [0.1, 0.15) is 29.8 Å². The summed E-state index contributed by atoms with van der Waals surface area (Å²) in [4.78, 5) is 34.8. The zero-order valence-electron chi connectivity index (χ0n) is 13.2. The zero-order chi connectivity index (χ0) is 16.8. The average molecular weight is 345 g/mol. The van der Waals surface area contributed by atoms with Gasteiger partial charge in [0.15, 0.2) is 10.8 Å². The molecule has 3 heterocycles. The molecule has 2 amide bonds. The number of hydrogen-bond donors (Lipinski definition) is 2. The smallest absolute Gasteiger partial charge is 0.278 e. The van der Waals surface area contributed by atoms with Gasteiger partial charge in [0, 0.05) is 17.8 Å². The molecule has 7 nitrogen and oxygen atoms in total. The van der Waals surface area contributed by atoms with Crippen molar-refractivity contribution in [3.63, 3.8) is 0 Å². The second-order valence-corrected chi connectivity index (χ2v) is 6.47. The monoisotopic (exact) mass is 345 g/mol. The maximum atomic E-state index is 12.3. The van der Waals surface area contributed by atoms with Gasteiger partial charge in [-0.15, -0.1) is 11.3 Å². The third kappa shape index (κ3) is 4.36. The summed E-state index contributed by atoms with van der Waals surface area (Å²) in [5.41, 5.74) is 0.591. The highest BCUT2D eigenvalue weighted by atomic mass is 32.1. The lowest BCUT2D eigenvalue weighted by atomic mass is 10.1. The van der Waals surface area contributed by atoms with E-state index in [9.17, 15) is 9.59 Å². The quantitative estimate of drug-likeness (QED) is 0.867. The van der Waals surface area contributed by atoms with Crippen molar-refractivity contribution >= 4 is 34.0 Å². The number of nitrogens with zero attached hydrogens (tertiary/aromatic N) is 3. The van der Waals surface area contributed by atoms with Crippen LogP contribution in [-0.2, 0) is 4.79 Å². The van der Waals surface area contributed by atoms with E-state index < -0.39 is 0 Å². The first-order chi connectivity index (χ1) is 11.7. The maximum Gasteiger partial charge on any atom is 0.278 e. The van der Waals surface area contributed by atoms with E-state index in [1.54, 1.807) is 23.7 Å². The number of rotatable bonds is 5. The van der Waals surface area contributed by atoms with Gasteiger partial charge in [0.25, 0.3) is 5.91 Å². The number of aromatic nitrogens is 2. The predicted octanol–water partition coefficient (Wildman–Crippen LogP) is 2.21. The van der Waals surface area contributed by atoms with Gasteiger partial charge < -0.3 is 5.32 Å². The van der Waals surface area contributed by atoms with Gasteiger partial charge in [-0.25, -0.2) is 9.97 Å². The highest BCUT2D eigenvalue weighted by molar-refractivity contribution is 7.13. The standard InChI is InChI=1S/C16H19N5O2S/c22-13(11-21-8-2-1-3-9-21)19-12-5-4-6-17-14(12)15(23)20-16-18-7-10-24-16/h4-7,10H,1-3,8-9,11H2,(H,19,22)(H,18,20,23). The van der Waals surface area contributed by atoms with Crippen LogP contribution in [0.5, 0.6) is 0 Å². The molecule has 0 aromatic carbocycles. The molecule has 126 valence electrons. The number of likely N-dealkylation sites (tertiary alicyclic amines) is 1. The summed E-state index contributed by atoms with van der Waals surface area (Å²) in [6.07, 6.45) is 6.61. The Hall–Kier alpha value is -2.32. The molecule has 1 aliphatic heterocycles. The molecule has 0 bridgehead atoms. The summed E-state index contributed by atoms with van der Waals surface area (Å²) in [5, 5.41) is 7.74. The SMILES string of the molecule is O=C(CN1CCCCC1)Nc1cccnc1C(=O)Nc1nccs1. The van der Waals surface area contributed by atoms with Gasteiger partial charge in [-0.1, -0.05) is 6.42 Å². The fourth-order valence-corrected chi connectivity index (χ4v) is 3.16. The Bertz CT molecular complexity index is 698. The lowest BCUT2D eigenvalue weighted by Gasteiger charge is -2.25. The van der Waals surface area contributed by atoms with Crippen molar-refractivity contribution in [2.75, 3.05) is 30.3 Å². The molecule has 2 aromatic rings. The van der Waals surface area contributed by atoms with Gasteiger partial charge in [-0.2, -0.15) is 0 Å². The number of thiazole rings is 1. The summed E-state index contributed by atoms with van der Waals surface area (Å²) >= 11 is 1.32. The molecule has 2 aromatic heterocycles. The number of hydrogen-bond acceptors (Lipinski definition) is 6. The second-order valence-electron chi connectivity index (χ2n) is 5.58. The summed E-state index contributed by atoms with van der Waals surface area (Å²) in [5.74, 6) is -0.521. The van der Waals surface area contributed by atoms with Gasteiger partial charge in [0.1, 0.15) is 0 Å². The number of anilines is 2. The van der Waals surface area contributed by atoms with Crippen molar-refractivity contribution in [3.8, 4) is 0 Å². The molecule has 0 spiro atoms. The van der Waals surface area contributed by atoms with Crippen molar-refractivity contribution in [1.82, 2.24) is 14.9 Å². The fraction of sp³-hybridized carbons (Fsp3) is 0.375. The molecule has 0 saturated carbocycles. The molecule has 0 radical (unpaired) electrons. The van der Waals surface area contributed by atoms with Crippen molar-refractivity contribution in [3.05, 3.63) is 35.6 Å². The fourth-order valence-electron chi connectivity index (χ4n) is 2.64. The third-order valence-corrected chi connectivity index (χ3v) is 4.45. The lowest BCUT2D eigenvalue weighted by molar-refractivity contribution is -0.117. The minimum atomic E-state index is -0.390. The third-order valence-electron chi connectivity index (χ3n) is 3.77. The van der Waals surface area contributed by atoms with Gasteiger partial charge in [-0.3, -0.25) is 19.8 Å². The summed E-state index contributed by atoms with van der Waals surface area (Å²) in [7, 11) is 0. The largest absolute Gasteiger partial charge is 0.323 e. The molecule has 0 aliphatic carbocycles. The van der Waals surface area contributed by atoms with Crippen molar-refractivity contribution in [1.29, 1.82) is 0 Å². The highest BCUT2D eigenvalue weighted by Crippen LogP contribution is 2.17. The summed E-state index contributed by atoms with van der Waals surface area (Å²) in [6, 6.07) is 3.37. The Morgan fingerprint density at radius 2 is 1.96 bits per heavy atom. The average Bonchev–Trinajstić information content (AvgIpc) is 3.09. The molecule has 2 N–H and O–H groups in total. The molecule has 24 heavy (non-hydrogen) atoms. The van der Waals surface area contributed by atoms with Crippen molar-refractivity contribution < 1.29 is 9.59 Å². The van der Waals surface area contributed by atoms with Crippen LogP contribution >= 0.6 is 11.3 Å². The van der Waals surface area contributed by atoms with Gasteiger partial charge >= 0.3 is 0 Å². The minimum absolute atomic E-state index is 0.131. The van der Waals surface area contributed by atoms with E-state index in [1.807, 2.05) is 0 Å². The highest BCUT2D eigenvalue weighted by Gasteiger charge is 2.18. The van der Waals surface area contributed by atoms with E-state index >= 15 is 0 Å². The number of carbonyl (C=O) groups is 2. The van der Waals surface area contributed by atoms with Crippen molar-refractivity contribution in [2.24, 2.45) is 0 Å². The Kier molecular flexibility index (Phi) is 5.50. The van der Waals surface area contributed by atoms with Crippen LogP contribution in [0, 0.1) is 0 Å². The van der Waals surface area contributed by atoms with Crippen LogP contribution in [0.4, 0.5) is 10.8 Å². The van der Waals surface area contributed by atoms with Crippen LogP contribution in [0.3, 0.4) is 0 Å². The van der Waals surface area contributed by atoms with E-state index in [0.29, 0.717) is 17.4 Å². The number of carbonyl (C=O) groups excluding carboxylic acids is 2. The predicted molar refractivity (Wildman–Crippen MR) is 93.2 cm³/mol.